The molecule has 1 aliphatic rings. The molecule has 0 aliphatic carbocycles. The number of anilines is 2. The highest BCUT2D eigenvalue weighted by molar-refractivity contribution is 5.73. The SMILES string of the molecule is Cc1cc2ncc3n2cc1Nc1ncc2c(n1)n(c(=O)n2C)CCCCC3. The van der Waals surface area contributed by atoms with E-state index >= 15 is 0 Å². The van der Waals surface area contributed by atoms with Crippen molar-refractivity contribution in [3.05, 3.63) is 46.4 Å². The van der Waals surface area contributed by atoms with Crippen molar-refractivity contribution < 1.29 is 0 Å². The highest BCUT2D eigenvalue weighted by Gasteiger charge is 2.15. The summed E-state index contributed by atoms with van der Waals surface area (Å²) in [7, 11) is 1.77. The zero-order valence-electron chi connectivity index (χ0n) is 15.4. The number of rotatable bonds is 0. The van der Waals surface area contributed by atoms with Crippen molar-refractivity contribution in [3.8, 4) is 0 Å². The van der Waals surface area contributed by atoms with Gasteiger partial charge in [-0.25, -0.2) is 14.8 Å². The lowest BCUT2D eigenvalue weighted by atomic mass is 10.1. The highest BCUT2D eigenvalue weighted by atomic mass is 16.1. The largest absolute Gasteiger partial charge is 0.330 e. The van der Waals surface area contributed by atoms with Crippen LogP contribution in [0.3, 0.4) is 0 Å². The number of hydrogen-bond donors (Lipinski definition) is 1. The lowest BCUT2D eigenvalue weighted by Crippen LogP contribution is -2.22. The smallest absolute Gasteiger partial charge is 0.323 e. The van der Waals surface area contributed by atoms with Gasteiger partial charge < -0.3 is 9.72 Å². The van der Waals surface area contributed by atoms with E-state index in [1.165, 1.54) is 5.69 Å². The molecule has 4 aromatic heterocycles. The Morgan fingerprint density at radius 3 is 2.93 bits per heavy atom. The normalized spacial score (nSPS) is 14.7. The molecule has 8 heteroatoms. The van der Waals surface area contributed by atoms with Gasteiger partial charge in [0.25, 0.3) is 0 Å². The summed E-state index contributed by atoms with van der Waals surface area (Å²) in [5.74, 6) is 0.489. The number of nitrogens with one attached hydrogen (secondary N) is 1. The van der Waals surface area contributed by atoms with Crippen molar-refractivity contribution >= 4 is 28.4 Å². The van der Waals surface area contributed by atoms with Crippen molar-refractivity contribution in [3.63, 3.8) is 0 Å². The molecule has 0 unspecified atom stereocenters. The van der Waals surface area contributed by atoms with E-state index in [0.717, 1.165) is 48.1 Å². The molecule has 0 saturated heterocycles. The van der Waals surface area contributed by atoms with E-state index in [-0.39, 0.29) is 5.69 Å². The summed E-state index contributed by atoms with van der Waals surface area (Å²) in [4.78, 5) is 26.2. The molecule has 1 aliphatic heterocycles. The van der Waals surface area contributed by atoms with Gasteiger partial charge in [-0.2, -0.15) is 4.98 Å². The summed E-state index contributed by atoms with van der Waals surface area (Å²) < 4.78 is 5.51. The summed E-state index contributed by atoms with van der Waals surface area (Å²) in [5.41, 5.74) is 5.54. The van der Waals surface area contributed by atoms with Crippen molar-refractivity contribution in [1.29, 1.82) is 0 Å². The Bertz CT molecular complexity index is 1230. The van der Waals surface area contributed by atoms with Gasteiger partial charge in [0.05, 0.1) is 11.9 Å². The van der Waals surface area contributed by atoms with Crippen molar-refractivity contribution in [1.82, 2.24) is 28.5 Å². The Balaban J connectivity index is 1.70. The number of aromatic nitrogens is 6. The van der Waals surface area contributed by atoms with Gasteiger partial charge >= 0.3 is 5.69 Å². The van der Waals surface area contributed by atoms with E-state index in [4.69, 9.17) is 0 Å². The monoisotopic (exact) mass is 363 g/mol. The van der Waals surface area contributed by atoms with Crippen LogP contribution >= 0.6 is 0 Å². The van der Waals surface area contributed by atoms with E-state index in [0.29, 0.717) is 18.1 Å². The van der Waals surface area contributed by atoms with Crippen LogP contribution in [0.25, 0.3) is 16.8 Å². The number of pyridine rings is 1. The Kier molecular flexibility index (Phi) is 3.53. The Morgan fingerprint density at radius 1 is 1.15 bits per heavy atom. The van der Waals surface area contributed by atoms with Crippen LogP contribution in [0.1, 0.15) is 30.5 Å². The van der Waals surface area contributed by atoms with Gasteiger partial charge in [0.15, 0.2) is 5.65 Å². The van der Waals surface area contributed by atoms with Gasteiger partial charge in [-0.3, -0.25) is 9.13 Å². The van der Waals surface area contributed by atoms with E-state index in [2.05, 4.69) is 36.9 Å². The second kappa shape index (κ2) is 5.94. The van der Waals surface area contributed by atoms with Crippen LogP contribution in [0.5, 0.6) is 0 Å². The maximum Gasteiger partial charge on any atom is 0.330 e. The van der Waals surface area contributed by atoms with Crippen molar-refractivity contribution in [2.24, 2.45) is 7.05 Å². The second-order valence-electron chi connectivity index (χ2n) is 7.18. The van der Waals surface area contributed by atoms with E-state index in [1.54, 1.807) is 22.4 Å². The first-order valence-corrected chi connectivity index (χ1v) is 9.28. The molecule has 1 N–H and O–H groups in total. The quantitative estimate of drug-likeness (QED) is 0.519. The van der Waals surface area contributed by atoms with Gasteiger partial charge in [0.1, 0.15) is 11.2 Å². The minimum absolute atomic E-state index is 0.0424. The summed E-state index contributed by atoms with van der Waals surface area (Å²) in [6.45, 7) is 2.70. The Labute approximate surface area is 155 Å². The zero-order valence-corrected chi connectivity index (χ0v) is 15.4. The summed E-state index contributed by atoms with van der Waals surface area (Å²) >= 11 is 0. The molecule has 4 bridgehead atoms. The highest BCUT2D eigenvalue weighted by Crippen LogP contribution is 2.23. The Morgan fingerprint density at radius 2 is 2.04 bits per heavy atom. The van der Waals surface area contributed by atoms with Crippen molar-refractivity contribution in [2.45, 2.75) is 39.2 Å². The molecule has 0 saturated carbocycles. The van der Waals surface area contributed by atoms with Crippen LogP contribution in [0.15, 0.2) is 29.5 Å². The molecule has 4 aromatic rings. The first kappa shape index (κ1) is 16.0. The summed E-state index contributed by atoms with van der Waals surface area (Å²) in [6, 6.07) is 2.06. The molecule has 0 aromatic carbocycles. The standard InChI is InChI=1S/C19H21N7O/c1-12-8-16-20-9-13-6-4-3-5-7-25-17-15(24(2)19(25)27)10-21-18(23-17)22-14(12)11-26(13)16/h8-11H,3-7H2,1-2H3,(H,21,22,23). The number of imidazole rings is 2. The number of fused-ring (bicyclic) bond motifs is 2. The van der Waals surface area contributed by atoms with Crippen LogP contribution in [-0.4, -0.2) is 28.5 Å². The number of nitrogens with zero attached hydrogens (tertiary/aromatic N) is 6. The van der Waals surface area contributed by atoms with Gasteiger partial charge in [-0.15, -0.1) is 0 Å². The van der Waals surface area contributed by atoms with Crippen LogP contribution in [-0.2, 0) is 20.0 Å². The summed E-state index contributed by atoms with van der Waals surface area (Å²) in [6.07, 6.45) is 9.73. The molecule has 5 heterocycles. The van der Waals surface area contributed by atoms with Gasteiger partial charge in [0.2, 0.25) is 5.95 Å². The maximum absolute atomic E-state index is 12.6. The predicted octanol–water partition coefficient (Wildman–Crippen LogP) is 2.56. The first-order valence-electron chi connectivity index (χ1n) is 9.28. The lowest BCUT2D eigenvalue weighted by molar-refractivity contribution is 0.573. The third-order valence-corrected chi connectivity index (χ3v) is 5.38. The van der Waals surface area contributed by atoms with E-state index in [1.807, 2.05) is 13.1 Å². The number of hydrogen-bond acceptors (Lipinski definition) is 5. The number of aryl methyl sites for hydroxylation is 4. The average molecular weight is 363 g/mol. The lowest BCUT2D eigenvalue weighted by Gasteiger charge is -2.11. The van der Waals surface area contributed by atoms with Gasteiger partial charge in [-0.1, -0.05) is 6.42 Å². The van der Waals surface area contributed by atoms with Gasteiger partial charge in [-0.05, 0) is 37.8 Å². The average Bonchev–Trinajstić information content (AvgIpc) is 3.15. The minimum atomic E-state index is -0.0424. The Hall–Kier alpha value is -3.16. The third kappa shape index (κ3) is 2.51. The molecule has 0 radical (unpaired) electrons. The molecule has 0 spiro atoms. The topological polar surface area (TPSA) is 82.0 Å². The predicted molar refractivity (Wildman–Crippen MR) is 104 cm³/mol. The fourth-order valence-corrected chi connectivity index (χ4v) is 3.80. The molecule has 138 valence electrons. The minimum Gasteiger partial charge on any atom is -0.323 e. The van der Waals surface area contributed by atoms with E-state index in [9.17, 15) is 4.79 Å². The molecular weight excluding hydrogens is 342 g/mol. The summed E-state index contributed by atoms with van der Waals surface area (Å²) in [5, 5.41) is 3.32. The van der Waals surface area contributed by atoms with Crippen LogP contribution in [0, 0.1) is 6.92 Å². The zero-order chi connectivity index (χ0) is 18.5. The molecule has 5 rings (SSSR count). The van der Waals surface area contributed by atoms with E-state index < -0.39 is 0 Å². The first-order chi connectivity index (χ1) is 13.1. The molecule has 27 heavy (non-hydrogen) atoms. The van der Waals surface area contributed by atoms with Gasteiger partial charge in [0, 0.05) is 31.7 Å². The fraction of sp³-hybridized carbons (Fsp3) is 0.368. The van der Waals surface area contributed by atoms with Crippen molar-refractivity contribution in [2.75, 3.05) is 5.32 Å². The second-order valence-corrected chi connectivity index (χ2v) is 7.18. The molecule has 0 atom stereocenters. The fourth-order valence-electron chi connectivity index (χ4n) is 3.80. The van der Waals surface area contributed by atoms with Crippen LogP contribution in [0.2, 0.25) is 0 Å². The maximum atomic E-state index is 12.6. The van der Waals surface area contributed by atoms with Crippen LogP contribution in [0.4, 0.5) is 11.6 Å². The third-order valence-electron chi connectivity index (χ3n) is 5.38. The molecular formula is C19H21N7O. The molecule has 8 nitrogen and oxygen atoms in total. The van der Waals surface area contributed by atoms with Crippen LogP contribution < -0.4 is 11.0 Å². The molecule has 0 fully saturated rings. The molecule has 0 amide bonds.